The Morgan fingerprint density at radius 2 is 1.81 bits per heavy atom. The summed E-state index contributed by atoms with van der Waals surface area (Å²) in [6, 6.07) is 14.1. The van der Waals surface area contributed by atoms with E-state index >= 15 is 0 Å². The summed E-state index contributed by atoms with van der Waals surface area (Å²) in [5.74, 6) is -0.892. The third-order valence-electron chi connectivity index (χ3n) is 8.60. The van der Waals surface area contributed by atoms with Gasteiger partial charge >= 0.3 is 0 Å². The van der Waals surface area contributed by atoms with Crippen molar-refractivity contribution in [3.8, 4) is 5.75 Å². The van der Waals surface area contributed by atoms with E-state index in [0.29, 0.717) is 49.2 Å². The average molecular weight is 664 g/mol. The lowest BCUT2D eigenvalue weighted by Crippen LogP contribution is -2.57. The molecule has 0 radical (unpaired) electrons. The Morgan fingerprint density at radius 3 is 2.52 bits per heavy atom. The van der Waals surface area contributed by atoms with Crippen molar-refractivity contribution in [2.24, 2.45) is 5.92 Å². The number of amides is 4. The van der Waals surface area contributed by atoms with Gasteiger partial charge in [-0.15, -0.1) is 5.10 Å². The lowest BCUT2D eigenvalue weighted by Gasteiger charge is -2.34. The van der Waals surface area contributed by atoms with Crippen molar-refractivity contribution in [3.63, 3.8) is 0 Å². The van der Waals surface area contributed by atoms with E-state index in [2.05, 4.69) is 27.9 Å². The lowest BCUT2D eigenvalue weighted by molar-refractivity contribution is -0.147. The molecular weight excluding hydrogens is 610 g/mol. The third kappa shape index (κ3) is 9.42. The summed E-state index contributed by atoms with van der Waals surface area (Å²) < 4.78 is 7.78. The zero-order chi connectivity index (χ0) is 34.6. The number of aryl methyl sites for hydroxylation is 1. The summed E-state index contributed by atoms with van der Waals surface area (Å²) in [6.45, 7) is 7.37. The van der Waals surface area contributed by atoms with Crippen molar-refractivity contribution < 1.29 is 26.8 Å². The van der Waals surface area contributed by atoms with Crippen molar-refractivity contribution in [3.05, 3.63) is 77.6 Å². The molecule has 48 heavy (non-hydrogen) atoms. The van der Waals surface area contributed by atoms with E-state index in [9.17, 15) is 19.2 Å². The SMILES string of the molecule is CCCCn1cc(COc2ccccc2C(=O)N[C@H](CC(C)C)C(=O)N2CCC[C@@H]2C(=O)N(C)[C@@H](Cc2ccccc2)C(=O)NC)nn1.[HH].[HH]. The highest BCUT2D eigenvalue weighted by molar-refractivity contribution is 6.00. The van der Waals surface area contributed by atoms with Gasteiger partial charge in [-0.05, 0) is 49.3 Å². The van der Waals surface area contributed by atoms with Crippen LogP contribution in [0.25, 0.3) is 0 Å². The molecule has 4 rings (SSSR count). The minimum Gasteiger partial charge on any atom is -0.486 e. The first kappa shape index (κ1) is 36.1. The van der Waals surface area contributed by atoms with E-state index in [1.165, 1.54) is 4.90 Å². The number of carbonyl (C=O) groups is 4. The Hall–Kier alpha value is -4.74. The van der Waals surface area contributed by atoms with Gasteiger partial charge in [-0.3, -0.25) is 23.9 Å². The van der Waals surface area contributed by atoms with Gasteiger partial charge < -0.3 is 25.2 Å². The van der Waals surface area contributed by atoms with Gasteiger partial charge in [0.25, 0.3) is 5.91 Å². The topological polar surface area (TPSA) is 139 Å². The minimum absolute atomic E-state index is 0. The number of likely N-dealkylation sites (tertiary alicyclic amines) is 1. The fourth-order valence-electron chi connectivity index (χ4n) is 5.98. The number of nitrogens with one attached hydrogen (secondary N) is 2. The van der Waals surface area contributed by atoms with Crippen LogP contribution < -0.4 is 15.4 Å². The zero-order valence-corrected chi connectivity index (χ0v) is 28.7. The molecule has 1 saturated heterocycles. The second kappa shape index (κ2) is 17.4. The Balaban J connectivity index is 0.00000433. The van der Waals surface area contributed by atoms with Gasteiger partial charge in [0.05, 0.1) is 11.8 Å². The summed E-state index contributed by atoms with van der Waals surface area (Å²) in [6.07, 6.45) is 5.72. The van der Waals surface area contributed by atoms with Crippen molar-refractivity contribution in [1.82, 2.24) is 35.4 Å². The maximum Gasteiger partial charge on any atom is 0.255 e. The molecule has 3 aromatic rings. The monoisotopic (exact) mass is 663 g/mol. The zero-order valence-electron chi connectivity index (χ0n) is 28.7. The maximum absolute atomic E-state index is 14.1. The van der Waals surface area contributed by atoms with Crippen LogP contribution in [-0.4, -0.2) is 87.2 Å². The number of rotatable bonds is 16. The molecule has 4 amide bonds. The molecule has 0 bridgehead atoms. The summed E-state index contributed by atoms with van der Waals surface area (Å²) >= 11 is 0. The van der Waals surface area contributed by atoms with Crippen molar-refractivity contribution in [2.45, 2.75) is 90.6 Å². The molecule has 2 N–H and O–H groups in total. The van der Waals surface area contributed by atoms with Crippen LogP contribution in [0.15, 0.2) is 60.8 Å². The van der Waals surface area contributed by atoms with E-state index in [1.807, 2.05) is 50.4 Å². The lowest BCUT2D eigenvalue weighted by atomic mass is 10.0. The summed E-state index contributed by atoms with van der Waals surface area (Å²) in [7, 11) is 3.16. The number of hydrogen-bond donors (Lipinski definition) is 2. The minimum atomic E-state index is -0.859. The second-order valence-corrected chi connectivity index (χ2v) is 12.7. The van der Waals surface area contributed by atoms with Crippen molar-refractivity contribution in [1.29, 1.82) is 0 Å². The molecule has 0 saturated carbocycles. The van der Waals surface area contributed by atoms with Crippen molar-refractivity contribution >= 4 is 23.6 Å². The number of carbonyl (C=O) groups excluding carboxylic acids is 4. The summed E-state index contributed by atoms with van der Waals surface area (Å²) in [5.41, 5.74) is 1.86. The number of hydrogen-bond acceptors (Lipinski definition) is 7. The molecule has 3 atom stereocenters. The van der Waals surface area contributed by atoms with Gasteiger partial charge in [0.15, 0.2) is 0 Å². The Morgan fingerprint density at radius 1 is 1.08 bits per heavy atom. The van der Waals surface area contributed by atoms with E-state index in [0.717, 1.165) is 24.9 Å². The smallest absolute Gasteiger partial charge is 0.255 e. The quantitative estimate of drug-likeness (QED) is 0.235. The number of unbranched alkanes of at least 4 members (excludes halogenated alkanes) is 1. The van der Waals surface area contributed by atoms with E-state index in [-0.39, 0.29) is 33.1 Å². The Labute approximate surface area is 286 Å². The Bertz CT molecular complexity index is 1540. The largest absolute Gasteiger partial charge is 0.486 e. The van der Waals surface area contributed by atoms with Gasteiger partial charge in [-0.25, -0.2) is 0 Å². The van der Waals surface area contributed by atoms with Crippen molar-refractivity contribution in [2.75, 3.05) is 20.6 Å². The number of nitrogens with zero attached hydrogens (tertiary/aromatic N) is 5. The number of ether oxygens (including phenoxy) is 1. The van der Waals surface area contributed by atoms with Crippen LogP contribution in [0, 0.1) is 5.92 Å². The summed E-state index contributed by atoms with van der Waals surface area (Å²) in [5, 5.41) is 13.9. The standard InChI is InChI=1S/C36H49N7O5.2H2/c1-6-7-19-42-23-27(39-40-42)24-48-32-18-12-11-16-28(32)33(44)38-29(21-25(2)3)35(46)43-20-13-17-30(43)36(47)41(5)31(34(45)37-4)22-26-14-9-8-10-15-26;;/h8-12,14-16,18,23,25,29-31H,6-7,13,17,19-22,24H2,1-5H3,(H,37,45)(H,38,44);2*1H/t29-,30-,31+;;/m1../s1. The van der Waals surface area contributed by atoms with E-state index in [1.54, 1.807) is 47.9 Å². The van der Waals surface area contributed by atoms with Crippen LogP contribution in [0.5, 0.6) is 5.75 Å². The van der Waals surface area contributed by atoms with Gasteiger partial charge in [-0.2, -0.15) is 0 Å². The highest BCUT2D eigenvalue weighted by Gasteiger charge is 2.41. The number of aromatic nitrogens is 3. The van der Waals surface area contributed by atoms with Crippen LogP contribution in [0.2, 0.25) is 0 Å². The first-order chi connectivity index (χ1) is 23.1. The molecule has 1 aromatic heterocycles. The predicted octanol–water partition coefficient (Wildman–Crippen LogP) is 4.10. The average Bonchev–Trinajstić information content (AvgIpc) is 3.77. The molecule has 2 aromatic carbocycles. The number of para-hydroxylation sites is 1. The molecule has 1 fully saturated rings. The van der Waals surface area contributed by atoms with E-state index < -0.39 is 24.0 Å². The number of likely N-dealkylation sites (N-methyl/N-ethyl adjacent to an activating group) is 2. The number of benzene rings is 2. The predicted molar refractivity (Wildman–Crippen MR) is 186 cm³/mol. The molecule has 1 aliphatic heterocycles. The van der Waals surface area contributed by atoms with Gasteiger partial charge in [-0.1, -0.05) is 74.9 Å². The second-order valence-electron chi connectivity index (χ2n) is 12.7. The molecule has 0 unspecified atom stereocenters. The molecule has 12 nitrogen and oxygen atoms in total. The molecule has 262 valence electrons. The highest BCUT2D eigenvalue weighted by atomic mass is 16.5. The molecule has 2 heterocycles. The van der Waals surface area contributed by atoms with Gasteiger partial charge in [0, 0.05) is 36.5 Å². The fourth-order valence-corrected chi connectivity index (χ4v) is 5.98. The normalized spacial score (nSPS) is 15.5. The first-order valence-corrected chi connectivity index (χ1v) is 16.9. The van der Waals surface area contributed by atoms with Crippen LogP contribution in [0.3, 0.4) is 0 Å². The van der Waals surface area contributed by atoms with Gasteiger partial charge in [0.2, 0.25) is 17.7 Å². The Kier molecular flexibility index (Phi) is 13.1. The van der Waals surface area contributed by atoms with Crippen LogP contribution in [0.1, 0.15) is 77.3 Å². The summed E-state index contributed by atoms with van der Waals surface area (Å²) in [4.78, 5) is 57.7. The van der Waals surface area contributed by atoms with Crippen LogP contribution in [-0.2, 0) is 34.0 Å². The van der Waals surface area contributed by atoms with E-state index in [4.69, 9.17) is 4.74 Å². The van der Waals surface area contributed by atoms with Crippen LogP contribution >= 0.6 is 0 Å². The fraction of sp³-hybridized carbons (Fsp3) is 0.500. The molecule has 0 aliphatic carbocycles. The molecular formula is C36H53N7O5. The van der Waals surface area contributed by atoms with Crippen LogP contribution in [0.4, 0.5) is 0 Å². The maximum atomic E-state index is 14.1. The third-order valence-corrected chi connectivity index (χ3v) is 8.60. The first-order valence-electron chi connectivity index (χ1n) is 16.9. The van der Waals surface area contributed by atoms with Gasteiger partial charge in [0.1, 0.15) is 36.2 Å². The molecule has 0 spiro atoms. The molecule has 12 heteroatoms. The molecule has 1 aliphatic rings. The highest BCUT2D eigenvalue weighted by Crippen LogP contribution is 2.25.